The van der Waals surface area contributed by atoms with E-state index in [-0.39, 0.29) is 23.0 Å². The molecule has 0 saturated heterocycles. The molecule has 0 heterocycles. The molecule has 3 aromatic carbocycles. The molecule has 0 atom stereocenters. The number of carbonyl (C=O) groups excluding carboxylic acids is 2. The fraction of sp³-hybridized carbons (Fsp3) is 0.200. The molecule has 30 heavy (non-hydrogen) atoms. The fourth-order valence-corrected chi connectivity index (χ4v) is 3.07. The van der Waals surface area contributed by atoms with Crippen LogP contribution in [0.25, 0.3) is 0 Å². The average molecular weight is 403 g/mol. The quantitative estimate of drug-likeness (QED) is 0.291. The van der Waals surface area contributed by atoms with Crippen LogP contribution in [0.5, 0.6) is 11.5 Å². The maximum absolute atomic E-state index is 12.4. The van der Waals surface area contributed by atoms with Crippen LogP contribution in [0.1, 0.15) is 46.0 Å². The van der Waals surface area contributed by atoms with Crippen LogP contribution < -0.4 is 10.1 Å². The number of carbonyl (C=O) groups is 2. The van der Waals surface area contributed by atoms with Crippen molar-refractivity contribution in [3.63, 3.8) is 0 Å². The Morgan fingerprint density at radius 3 is 2.37 bits per heavy atom. The van der Waals surface area contributed by atoms with Crippen LogP contribution in [0.4, 0.5) is 5.69 Å². The molecule has 0 saturated carbocycles. The fourth-order valence-electron chi connectivity index (χ4n) is 3.07. The standard InChI is InChI=1S/C25H25NO4/c1-18(27)23-17-21(12-15-24(23)28)26-25(29)20-10-13-22(14-11-20)30-16-6-5-9-19-7-3-2-4-8-19/h2-4,7-8,10-15,17,28H,5-6,9,16H2,1H3,(H,26,29). The maximum Gasteiger partial charge on any atom is 0.255 e. The summed E-state index contributed by atoms with van der Waals surface area (Å²) in [4.78, 5) is 24.0. The summed E-state index contributed by atoms with van der Waals surface area (Å²) < 4.78 is 5.76. The summed E-state index contributed by atoms with van der Waals surface area (Å²) in [5.74, 6) is 0.0407. The van der Waals surface area contributed by atoms with Crippen molar-refractivity contribution in [2.75, 3.05) is 11.9 Å². The minimum Gasteiger partial charge on any atom is -0.507 e. The summed E-state index contributed by atoms with van der Waals surface area (Å²) in [7, 11) is 0. The van der Waals surface area contributed by atoms with Gasteiger partial charge in [-0.3, -0.25) is 9.59 Å². The third-order valence-electron chi connectivity index (χ3n) is 4.72. The van der Waals surface area contributed by atoms with Crippen molar-refractivity contribution < 1.29 is 19.4 Å². The van der Waals surface area contributed by atoms with Crippen molar-refractivity contribution in [2.24, 2.45) is 0 Å². The van der Waals surface area contributed by atoms with Crippen LogP contribution >= 0.6 is 0 Å². The van der Waals surface area contributed by atoms with Crippen LogP contribution in [0, 0.1) is 0 Å². The van der Waals surface area contributed by atoms with Crippen molar-refractivity contribution >= 4 is 17.4 Å². The molecule has 154 valence electrons. The molecule has 3 rings (SSSR count). The molecule has 5 nitrogen and oxygen atoms in total. The monoisotopic (exact) mass is 403 g/mol. The number of phenols is 1. The number of aryl methyl sites for hydroxylation is 1. The van der Waals surface area contributed by atoms with E-state index in [9.17, 15) is 14.7 Å². The first kappa shape index (κ1) is 21.1. The minimum absolute atomic E-state index is 0.106. The van der Waals surface area contributed by atoms with Crippen LogP contribution in [-0.4, -0.2) is 23.4 Å². The summed E-state index contributed by atoms with van der Waals surface area (Å²) in [5.41, 5.74) is 2.42. The van der Waals surface area contributed by atoms with Crippen molar-refractivity contribution in [3.8, 4) is 11.5 Å². The van der Waals surface area contributed by atoms with Crippen LogP contribution in [0.15, 0.2) is 72.8 Å². The number of anilines is 1. The minimum atomic E-state index is -0.301. The van der Waals surface area contributed by atoms with E-state index in [4.69, 9.17) is 4.74 Å². The second kappa shape index (κ2) is 10.3. The van der Waals surface area contributed by atoms with E-state index >= 15 is 0 Å². The van der Waals surface area contributed by atoms with Gasteiger partial charge in [0, 0.05) is 11.3 Å². The summed E-state index contributed by atoms with van der Waals surface area (Å²) in [6, 6.07) is 21.7. The van der Waals surface area contributed by atoms with Crippen LogP contribution in [0.2, 0.25) is 0 Å². The zero-order chi connectivity index (χ0) is 21.3. The van der Waals surface area contributed by atoms with Gasteiger partial charge in [0.2, 0.25) is 0 Å². The first-order valence-corrected chi connectivity index (χ1v) is 9.95. The molecule has 0 radical (unpaired) electrons. The Hall–Kier alpha value is -3.60. The molecule has 0 spiro atoms. The van der Waals surface area contributed by atoms with E-state index in [1.807, 2.05) is 18.2 Å². The van der Waals surface area contributed by atoms with Gasteiger partial charge in [-0.25, -0.2) is 0 Å². The highest BCUT2D eigenvalue weighted by Crippen LogP contribution is 2.22. The number of rotatable bonds is 9. The zero-order valence-corrected chi connectivity index (χ0v) is 16.9. The normalized spacial score (nSPS) is 10.4. The smallest absolute Gasteiger partial charge is 0.255 e. The second-order valence-electron chi connectivity index (χ2n) is 7.06. The van der Waals surface area contributed by atoms with E-state index in [2.05, 4.69) is 17.4 Å². The van der Waals surface area contributed by atoms with E-state index in [1.54, 1.807) is 30.3 Å². The Balaban J connectivity index is 1.47. The number of amides is 1. The van der Waals surface area contributed by atoms with Gasteiger partial charge in [-0.15, -0.1) is 0 Å². The van der Waals surface area contributed by atoms with Gasteiger partial charge in [-0.05, 0) is 74.2 Å². The molecule has 3 aromatic rings. The summed E-state index contributed by atoms with van der Waals surface area (Å²) in [6.07, 6.45) is 3.04. The molecule has 0 fully saturated rings. The number of hydrogen-bond acceptors (Lipinski definition) is 4. The maximum atomic E-state index is 12.4. The topological polar surface area (TPSA) is 75.6 Å². The lowest BCUT2D eigenvalue weighted by molar-refractivity contribution is 0.100. The average Bonchev–Trinajstić information content (AvgIpc) is 2.76. The van der Waals surface area contributed by atoms with Crippen molar-refractivity contribution in [1.29, 1.82) is 0 Å². The van der Waals surface area contributed by atoms with Gasteiger partial charge in [0.15, 0.2) is 5.78 Å². The SMILES string of the molecule is CC(=O)c1cc(NC(=O)c2ccc(OCCCCc3ccccc3)cc2)ccc1O. The lowest BCUT2D eigenvalue weighted by atomic mass is 10.1. The number of benzene rings is 3. The summed E-state index contributed by atoms with van der Waals surface area (Å²) in [6.45, 7) is 1.99. The molecular formula is C25H25NO4. The second-order valence-corrected chi connectivity index (χ2v) is 7.06. The first-order valence-electron chi connectivity index (χ1n) is 9.95. The largest absolute Gasteiger partial charge is 0.507 e. The molecule has 2 N–H and O–H groups in total. The van der Waals surface area contributed by atoms with Crippen molar-refractivity contribution in [1.82, 2.24) is 0 Å². The molecule has 1 amide bonds. The van der Waals surface area contributed by atoms with Crippen LogP contribution in [0.3, 0.4) is 0 Å². The Labute approximate surface area is 176 Å². The molecule has 0 aliphatic heterocycles. The Kier molecular flexibility index (Phi) is 7.22. The molecular weight excluding hydrogens is 378 g/mol. The highest BCUT2D eigenvalue weighted by molar-refractivity contribution is 6.05. The van der Waals surface area contributed by atoms with Gasteiger partial charge in [0.05, 0.1) is 12.2 Å². The van der Waals surface area contributed by atoms with Gasteiger partial charge in [-0.1, -0.05) is 30.3 Å². The number of ether oxygens (including phenoxy) is 1. The van der Waals surface area contributed by atoms with Gasteiger partial charge in [-0.2, -0.15) is 0 Å². The third-order valence-corrected chi connectivity index (χ3v) is 4.72. The lowest BCUT2D eigenvalue weighted by Crippen LogP contribution is -2.12. The highest BCUT2D eigenvalue weighted by Gasteiger charge is 2.11. The molecule has 0 aromatic heterocycles. The van der Waals surface area contributed by atoms with Crippen LogP contribution in [-0.2, 0) is 6.42 Å². The number of ketones is 1. The molecule has 0 aliphatic carbocycles. The summed E-state index contributed by atoms with van der Waals surface area (Å²) in [5, 5.41) is 12.4. The number of Topliss-reactive ketones (excluding diaryl/α,β-unsaturated/α-hetero) is 1. The van der Waals surface area contributed by atoms with Gasteiger partial charge in [0.1, 0.15) is 11.5 Å². The lowest BCUT2D eigenvalue weighted by Gasteiger charge is -2.09. The summed E-state index contributed by atoms with van der Waals surface area (Å²) >= 11 is 0. The Bertz CT molecular complexity index is 997. The first-order chi connectivity index (χ1) is 14.5. The van der Waals surface area contributed by atoms with Crippen molar-refractivity contribution in [2.45, 2.75) is 26.2 Å². The Morgan fingerprint density at radius 1 is 0.933 bits per heavy atom. The number of nitrogens with one attached hydrogen (secondary N) is 1. The predicted molar refractivity (Wildman–Crippen MR) is 117 cm³/mol. The van der Waals surface area contributed by atoms with E-state index in [0.29, 0.717) is 17.9 Å². The number of unbranched alkanes of at least 4 members (excludes halogenated alkanes) is 1. The Morgan fingerprint density at radius 2 is 1.67 bits per heavy atom. The highest BCUT2D eigenvalue weighted by atomic mass is 16.5. The van der Waals surface area contributed by atoms with Gasteiger partial charge < -0.3 is 15.2 Å². The van der Waals surface area contributed by atoms with E-state index < -0.39 is 0 Å². The van der Waals surface area contributed by atoms with Crippen molar-refractivity contribution in [3.05, 3.63) is 89.5 Å². The number of hydrogen-bond donors (Lipinski definition) is 2. The molecule has 0 bridgehead atoms. The number of aromatic hydroxyl groups is 1. The zero-order valence-electron chi connectivity index (χ0n) is 16.9. The van der Waals surface area contributed by atoms with Gasteiger partial charge >= 0.3 is 0 Å². The molecule has 0 aliphatic rings. The third kappa shape index (κ3) is 5.95. The van der Waals surface area contributed by atoms with E-state index in [0.717, 1.165) is 25.0 Å². The molecule has 0 unspecified atom stereocenters. The predicted octanol–water partition coefficient (Wildman–Crippen LogP) is 5.25. The van der Waals surface area contributed by atoms with E-state index in [1.165, 1.54) is 24.6 Å². The number of phenolic OH excluding ortho intramolecular Hbond substituents is 1. The van der Waals surface area contributed by atoms with Gasteiger partial charge in [0.25, 0.3) is 5.91 Å². The molecule has 5 heteroatoms.